The molecule has 2 heterocycles. The molecule has 0 saturated heterocycles. The Balaban J connectivity index is 1.96. The number of nitrogens with zero attached hydrogens (tertiary/aromatic N) is 3. The van der Waals surface area contributed by atoms with Crippen LogP contribution >= 0.6 is 11.3 Å². The largest absolute Gasteiger partial charge is 0.352 e. The zero-order chi connectivity index (χ0) is 14.1. The van der Waals surface area contributed by atoms with Gasteiger partial charge in [-0.25, -0.2) is 4.98 Å². The fourth-order valence-corrected chi connectivity index (χ4v) is 3.45. The van der Waals surface area contributed by atoms with Gasteiger partial charge >= 0.3 is 0 Å². The highest BCUT2D eigenvalue weighted by Crippen LogP contribution is 2.35. The van der Waals surface area contributed by atoms with Crippen LogP contribution in [-0.4, -0.2) is 28.0 Å². The van der Waals surface area contributed by atoms with Crippen molar-refractivity contribution in [3.63, 3.8) is 0 Å². The summed E-state index contributed by atoms with van der Waals surface area (Å²) in [7, 11) is 0. The monoisotopic (exact) mass is 292 g/mol. The lowest BCUT2D eigenvalue weighted by molar-refractivity contribution is 0.683. The van der Waals surface area contributed by atoms with E-state index in [9.17, 15) is 0 Å². The first-order valence-corrected chi connectivity index (χ1v) is 8.55. The minimum Gasteiger partial charge on any atom is -0.352 e. The number of imidazole rings is 1. The van der Waals surface area contributed by atoms with Crippen LogP contribution in [0.4, 0.5) is 5.82 Å². The molecule has 1 aliphatic carbocycles. The van der Waals surface area contributed by atoms with E-state index in [1.807, 2.05) is 0 Å². The Kier molecular flexibility index (Phi) is 3.98. The van der Waals surface area contributed by atoms with Crippen LogP contribution in [0, 0.1) is 0 Å². The number of fused-ring (bicyclic) bond motifs is 1. The molecule has 2 aromatic rings. The van der Waals surface area contributed by atoms with Crippen molar-refractivity contribution in [1.29, 1.82) is 0 Å². The Morgan fingerprint density at radius 2 is 2.35 bits per heavy atom. The van der Waals surface area contributed by atoms with E-state index in [4.69, 9.17) is 10.7 Å². The van der Waals surface area contributed by atoms with Gasteiger partial charge in [0.15, 0.2) is 10.8 Å². The van der Waals surface area contributed by atoms with E-state index in [1.54, 1.807) is 11.3 Å². The summed E-state index contributed by atoms with van der Waals surface area (Å²) in [6.45, 7) is 5.45. The summed E-state index contributed by atoms with van der Waals surface area (Å²) < 4.78 is 2.23. The predicted octanol–water partition coefficient (Wildman–Crippen LogP) is 3.05. The maximum absolute atomic E-state index is 6.05. The molecule has 0 bridgehead atoms. The zero-order valence-electron chi connectivity index (χ0n) is 12.4. The summed E-state index contributed by atoms with van der Waals surface area (Å²) in [6, 6.07) is 0.874. The van der Waals surface area contributed by atoms with Crippen LogP contribution in [0.2, 0.25) is 0 Å². The summed E-state index contributed by atoms with van der Waals surface area (Å²) in [6.07, 6.45) is 8.11. The highest BCUT2D eigenvalue weighted by Gasteiger charge is 2.32. The van der Waals surface area contributed by atoms with E-state index in [2.05, 4.69) is 34.7 Å². The third-order valence-electron chi connectivity index (χ3n) is 3.87. The molecule has 5 heteroatoms. The lowest BCUT2D eigenvalue weighted by Crippen LogP contribution is -2.29. The Morgan fingerprint density at radius 1 is 1.55 bits per heavy atom. The number of aromatic nitrogens is 2. The van der Waals surface area contributed by atoms with Crippen LogP contribution < -0.4 is 10.6 Å². The van der Waals surface area contributed by atoms with Crippen molar-refractivity contribution in [2.75, 3.05) is 11.4 Å². The summed E-state index contributed by atoms with van der Waals surface area (Å²) >= 11 is 1.71. The van der Waals surface area contributed by atoms with Crippen LogP contribution in [0.5, 0.6) is 0 Å². The number of hydrogen-bond acceptors (Lipinski definition) is 4. The van der Waals surface area contributed by atoms with Crippen molar-refractivity contribution in [2.45, 2.75) is 58.0 Å². The van der Waals surface area contributed by atoms with Crippen molar-refractivity contribution < 1.29 is 0 Å². The minimum absolute atomic E-state index is 0.167. The Hall–Kier alpha value is -1.07. The van der Waals surface area contributed by atoms with Gasteiger partial charge < -0.3 is 10.6 Å². The molecular weight excluding hydrogens is 268 g/mol. The van der Waals surface area contributed by atoms with Crippen molar-refractivity contribution >= 4 is 22.1 Å². The molecular formula is C15H24N4S. The molecule has 1 fully saturated rings. The molecule has 0 spiro atoms. The van der Waals surface area contributed by atoms with E-state index >= 15 is 0 Å². The first-order chi connectivity index (χ1) is 9.70. The molecule has 1 saturated carbocycles. The molecule has 0 aromatic carbocycles. The Labute approximate surface area is 124 Å². The molecule has 0 amide bonds. The van der Waals surface area contributed by atoms with E-state index in [1.165, 1.54) is 37.2 Å². The van der Waals surface area contributed by atoms with Gasteiger partial charge in [-0.2, -0.15) is 0 Å². The van der Waals surface area contributed by atoms with Gasteiger partial charge in [0, 0.05) is 36.6 Å². The van der Waals surface area contributed by atoms with E-state index < -0.39 is 0 Å². The summed E-state index contributed by atoms with van der Waals surface area (Å²) in [5.41, 5.74) is 7.34. The van der Waals surface area contributed by atoms with Crippen LogP contribution in [0.25, 0.3) is 4.96 Å². The molecule has 1 atom stereocenters. The quantitative estimate of drug-likeness (QED) is 0.853. The minimum atomic E-state index is 0.167. The number of rotatable bonds is 7. The van der Waals surface area contributed by atoms with E-state index in [-0.39, 0.29) is 6.04 Å². The molecule has 1 aliphatic rings. The van der Waals surface area contributed by atoms with E-state index in [0.717, 1.165) is 17.9 Å². The van der Waals surface area contributed by atoms with Crippen LogP contribution in [-0.2, 0) is 6.42 Å². The normalized spacial score (nSPS) is 16.8. The number of unbranched alkanes of at least 4 members (excludes halogenated alkanes) is 1. The van der Waals surface area contributed by atoms with Gasteiger partial charge in [0.2, 0.25) is 0 Å². The lowest BCUT2D eigenvalue weighted by atomic mass is 10.2. The highest BCUT2D eigenvalue weighted by atomic mass is 32.1. The van der Waals surface area contributed by atoms with Gasteiger partial charge in [-0.1, -0.05) is 13.3 Å². The van der Waals surface area contributed by atoms with E-state index in [0.29, 0.717) is 6.04 Å². The van der Waals surface area contributed by atoms with Gasteiger partial charge in [-0.3, -0.25) is 4.40 Å². The zero-order valence-corrected chi connectivity index (χ0v) is 13.2. The van der Waals surface area contributed by atoms with Crippen LogP contribution in [0.3, 0.4) is 0 Å². The molecule has 2 aromatic heterocycles. The van der Waals surface area contributed by atoms with Gasteiger partial charge in [0.05, 0.1) is 5.69 Å². The fourth-order valence-electron chi connectivity index (χ4n) is 2.72. The third kappa shape index (κ3) is 2.69. The topological polar surface area (TPSA) is 46.6 Å². The van der Waals surface area contributed by atoms with Gasteiger partial charge in [0.1, 0.15) is 0 Å². The second kappa shape index (κ2) is 5.74. The molecule has 110 valence electrons. The first-order valence-electron chi connectivity index (χ1n) is 7.67. The fraction of sp³-hybridized carbons (Fsp3) is 0.667. The second-order valence-corrected chi connectivity index (χ2v) is 6.77. The molecule has 4 nitrogen and oxygen atoms in total. The van der Waals surface area contributed by atoms with Crippen molar-refractivity contribution in [3.05, 3.63) is 17.3 Å². The average Bonchev–Trinajstić information content (AvgIpc) is 3.04. The van der Waals surface area contributed by atoms with Gasteiger partial charge in [-0.05, 0) is 26.2 Å². The number of nitrogens with two attached hydrogens (primary N) is 1. The summed E-state index contributed by atoms with van der Waals surface area (Å²) in [5.74, 6) is 1.19. The molecule has 20 heavy (non-hydrogen) atoms. The molecule has 0 radical (unpaired) electrons. The third-order valence-corrected chi connectivity index (χ3v) is 4.62. The van der Waals surface area contributed by atoms with Crippen molar-refractivity contribution in [1.82, 2.24) is 9.38 Å². The Morgan fingerprint density at radius 3 is 3.00 bits per heavy atom. The standard InChI is InChI=1S/C15H24N4S/c1-3-4-7-18(12-5-6-12)14-13(10-11(2)16)19-8-9-20-15(19)17-14/h8-9,11-12H,3-7,10,16H2,1-2H3. The van der Waals surface area contributed by atoms with Crippen molar-refractivity contribution in [3.8, 4) is 0 Å². The number of hydrogen-bond donors (Lipinski definition) is 1. The average molecular weight is 292 g/mol. The smallest absolute Gasteiger partial charge is 0.195 e. The first kappa shape index (κ1) is 13.9. The summed E-state index contributed by atoms with van der Waals surface area (Å²) in [5, 5.41) is 2.10. The highest BCUT2D eigenvalue weighted by molar-refractivity contribution is 7.15. The summed E-state index contributed by atoms with van der Waals surface area (Å²) in [4.78, 5) is 8.52. The predicted molar refractivity (Wildman–Crippen MR) is 85.7 cm³/mol. The molecule has 0 aliphatic heterocycles. The van der Waals surface area contributed by atoms with Crippen LogP contribution in [0.1, 0.15) is 45.2 Å². The maximum atomic E-state index is 6.05. The second-order valence-electron chi connectivity index (χ2n) is 5.90. The molecule has 1 unspecified atom stereocenters. The lowest BCUT2D eigenvalue weighted by Gasteiger charge is -2.24. The molecule has 3 rings (SSSR count). The van der Waals surface area contributed by atoms with Gasteiger partial charge in [0.25, 0.3) is 0 Å². The SMILES string of the molecule is CCCCN(c1nc2sccn2c1CC(C)N)C1CC1. The number of thiazole rings is 1. The maximum Gasteiger partial charge on any atom is 0.195 e. The van der Waals surface area contributed by atoms with Crippen molar-refractivity contribution in [2.24, 2.45) is 5.73 Å². The number of anilines is 1. The van der Waals surface area contributed by atoms with Gasteiger partial charge in [-0.15, -0.1) is 11.3 Å². The molecule has 2 N–H and O–H groups in total. The Bertz CT molecular complexity index is 567. The van der Waals surface area contributed by atoms with Crippen LogP contribution in [0.15, 0.2) is 11.6 Å².